The Morgan fingerprint density at radius 1 is 1.53 bits per heavy atom. The number of esters is 1. The molecule has 0 saturated carbocycles. The Kier molecular flexibility index (Phi) is 3.28. The lowest BCUT2D eigenvalue weighted by Crippen LogP contribution is -2.27. The first kappa shape index (κ1) is 11.9. The summed E-state index contributed by atoms with van der Waals surface area (Å²) in [6, 6.07) is 2.99. The Morgan fingerprint density at radius 2 is 2.13 bits per heavy atom. The van der Waals surface area contributed by atoms with Crippen LogP contribution in [0, 0.1) is 0 Å². The molecule has 0 heterocycles. The number of rotatable bonds is 2. The van der Waals surface area contributed by atoms with Gasteiger partial charge in [0, 0.05) is 5.56 Å². The molecule has 0 aliphatic heterocycles. The van der Waals surface area contributed by atoms with Gasteiger partial charge in [0.25, 0.3) is 0 Å². The van der Waals surface area contributed by atoms with Gasteiger partial charge < -0.3 is 9.84 Å². The molecular formula is C9H7BrF2O3. The van der Waals surface area contributed by atoms with Gasteiger partial charge in [-0.1, -0.05) is 0 Å². The molecule has 1 N–H and O–H groups in total. The standard InChI is InChI=1S/C9H7BrF2O3/c1-15-8(14)9(11,12)5-2-3-7(13)6(10)4-5/h2-4,13H,1H3. The van der Waals surface area contributed by atoms with Gasteiger partial charge in [-0.15, -0.1) is 0 Å². The Balaban J connectivity index is 3.16. The highest BCUT2D eigenvalue weighted by atomic mass is 79.9. The molecule has 0 atom stereocenters. The second kappa shape index (κ2) is 4.14. The molecule has 1 aromatic rings. The number of carbonyl (C=O) groups excluding carboxylic acids is 1. The highest BCUT2D eigenvalue weighted by Gasteiger charge is 2.42. The number of hydrogen-bond donors (Lipinski definition) is 1. The van der Waals surface area contributed by atoms with Gasteiger partial charge in [-0.25, -0.2) is 4.79 Å². The minimum absolute atomic E-state index is 0.0866. The van der Waals surface area contributed by atoms with E-state index in [0.29, 0.717) is 0 Å². The predicted molar refractivity (Wildman–Crippen MR) is 51.7 cm³/mol. The van der Waals surface area contributed by atoms with E-state index in [4.69, 9.17) is 5.11 Å². The Bertz CT molecular complexity index is 393. The second-order valence-corrected chi connectivity index (χ2v) is 3.59. The average Bonchev–Trinajstić information content (AvgIpc) is 2.20. The van der Waals surface area contributed by atoms with Gasteiger partial charge in [0.05, 0.1) is 11.6 Å². The summed E-state index contributed by atoms with van der Waals surface area (Å²) < 4.78 is 30.6. The molecule has 0 radical (unpaired) electrons. The fourth-order valence-corrected chi connectivity index (χ4v) is 1.33. The van der Waals surface area contributed by atoms with Crippen LogP contribution in [0.2, 0.25) is 0 Å². The lowest BCUT2D eigenvalue weighted by atomic mass is 10.1. The van der Waals surface area contributed by atoms with Gasteiger partial charge in [-0.05, 0) is 34.1 Å². The quantitative estimate of drug-likeness (QED) is 0.847. The maximum atomic E-state index is 13.3. The zero-order valence-corrected chi connectivity index (χ0v) is 9.22. The van der Waals surface area contributed by atoms with Crippen molar-refractivity contribution in [2.24, 2.45) is 0 Å². The Labute approximate surface area is 92.8 Å². The van der Waals surface area contributed by atoms with Gasteiger partial charge in [-0.3, -0.25) is 0 Å². The van der Waals surface area contributed by atoms with Gasteiger partial charge in [0.1, 0.15) is 5.75 Å². The number of ether oxygens (including phenoxy) is 1. The number of halogens is 3. The van der Waals surface area contributed by atoms with Crippen LogP contribution in [0.15, 0.2) is 22.7 Å². The zero-order valence-electron chi connectivity index (χ0n) is 7.63. The van der Waals surface area contributed by atoms with Crippen molar-refractivity contribution in [2.75, 3.05) is 7.11 Å². The molecule has 0 saturated heterocycles. The first-order valence-electron chi connectivity index (χ1n) is 3.85. The van der Waals surface area contributed by atoms with Gasteiger partial charge >= 0.3 is 11.9 Å². The molecule has 0 aliphatic carbocycles. The van der Waals surface area contributed by atoms with Crippen LogP contribution < -0.4 is 0 Å². The van der Waals surface area contributed by atoms with E-state index >= 15 is 0 Å². The summed E-state index contributed by atoms with van der Waals surface area (Å²) >= 11 is 2.87. The van der Waals surface area contributed by atoms with Crippen molar-refractivity contribution in [3.8, 4) is 5.75 Å². The molecule has 0 bridgehead atoms. The number of benzene rings is 1. The summed E-state index contributed by atoms with van der Waals surface area (Å²) in [5, 5.41) is 9.10. The summed E-state index contributed by atoms with van der Waals surface area (Å²) in [4.78, 5) is 10.8. The average molecular weight is 281 g/mol. The molecule has 0 spiro atoms. The van der Waals surface area contributed by atoms with Crippen LogP contribution in [-0.4, -0.2) is 18.2 Å². The van der Waals surface area contributed by atoms with Crippen molar-refractivity contribution in [1.82, 2.24) is 0 Å². The van der Waals surface area contributed by atoms with Crippen molar-refractivity contribution < 1.29 is 23.4 Å². The molecule has 1 aromatic carbocycles. The predicted octanol–water partition coefficient (Wildman–Crippen LogP) is 2.42. The minimum atomic E-state index is -3.72. The monoisotopic (exact) mass is 280 g/mol. The third-order valence-electron chi connectivity index (χ3n) is 1.75. The van der Waals surface area contributed by atoms with E-state index in [0.717, 1.165) is 25.3 Å². The van der Waals surface area contributed by atoms with E-state index in [1.807, 2.05) is 0 Å². The normalized spacial score (nSPS) is 11.2. The van der Waals surface area contributed by atoms with Crippen LogP contribution in [-0.2, 0) is 15.5 Å². The molecule has 82 valence electrons. The largest absolute Gasteiger partial charge is 0.507 e. The molecule has 0 aromatic heterocycles. The number of carbonyl (C=O) groups is 1. The van der Waals surface area contributed by atoms with E-state index in [9.17, 15) is 13.6 Å². The molecular weight excluding hydrogens is 274 g/mol. The van der Waals surface area contributed by atoms with E-state index in [2.05, 4.69) is 20.7 Å². The van der Waals surface area contributed by atoms with Crippen LogP contribution in [0.4, 0.5) is 8.78 Å². The van der Waals surface area contributed by atoms with Gasteiger partial charge in [0.2, 0.25) is 0 Å². The van der Waals surface area contributed by atoms with Crippen LogP contribution in [0.1, 0.15) is 5.56 Å². The van der Waals surface area contributed by atoms with E-state index in [1.54, 1.807) is 0 Å². The maximum absolute atomic E-state index is 13.3. The van der Waals surface area contributed by atoms with Crippen LogP contribution >= 0.6 is 15.9 Å². The van der Waals surface area contributed by atoms with Crippen LogP contribution in [0.25, 0.3) is 0 Å². The van der Waals surface area contributed by atoms with Crippen molar-refractivity contribution in [2.45, 2.75) is 5.92 Å². The zero-order chi connectivity index (χ0) is 11.6. The third-order valence-corrected chi connectivity index (χ3v) is 2.39. The summed E-state index contributed by atoms with van der Waals surface area (Å²) in [7, 11) is 0.881. The number of phenols is 1. The molecule has 15 heavy (non-hydrogen) atoms. The van der Waals surface area contributed by atoms with Crippen molar-refractivity contribution in [3.63, 3.8) is 0 Å². The van der Waals surface area contributed by atoms with E-state index < -0.39 is 17.5 Å². The topological polar surface area (TPSA) is 46.5 Å². The Morgan fingerprint density at radius 3 is 2.60 bits per heavy atom. The summed E-state index contributed by atoms with van der Waals surface area (Å²) in [5.74, 6) is -5.54. The minimum Gasteiger partial charge on any atom is -0.507 e. The lowest BCUT2D eigenvalue weighted by molar-refractivity contribution is -0.170. The molecule has 6 heteroatoms. The SMILES string of the molecule is COC(=O)C(F)(F)c1ccc(O)c(Br)c1. The van der Waals surface area contributed by atoms with Crippen molar-refractivity contribution in [1.29, 1.82) is 0 Å². The van der Waals surface area contributed by atoms with Crippen LogP contribution in [0.5, 0.6) is 5.75 Å². The Hall–Kier alpha value is -1.17. The lowest BCUT2D eigenvalue weighted by Gasteiger charge is -2.14. The summed E-state index contributed by atoms with van der Waals surface area (Å²) in [6.45, 7) is 0. The van der Waals surface area contributed by atoms with Crippen molar-refractivity contribution in [3.05, 3.63) is 28.2 Å². The fourth-order valence-electron chi connectivity index (χ4n) is 0.948. The molecule has 0 unspecified atom stereocenters. The first-order valence-corrected chi connectivity index (χ1v) is 4.64. The van der Waals surface area contributed by atoms with Crippen LogP contribution in [0.3, 0.4) is 0 Å². The maximum Gasteiger partial charge on any atom is 0.381 e. The smallest absolute Gasteiger partial charge is 0.381 e. The molecule has 0 aliphatic rings. The van der Waals surface area contributed by atoms with Gasteiger partial charge in [0.15, 0.2) is 0 Å². The second-order valence-electron chi connectivity index (χ2n) is 2.73. The molecule has 0 amide bonds. The first-order chi connectivity index (χ1) is 6.89. The summed E-state index contributed by atoms with van der Waals surface area (Å²) in [5.41, 5.74) is -0.543. The van der Waals surface area contributed by atoms with Gasteiger partial charge in [-0.2, -0.15) is 8.78 Å². The fraction of sp³-hybridized carbons (Fsp3) is 0.222. The highest BCUT2D eigenvalue weighted by Crippen LogP contribution is 2.34. The number of aromatic hydroxyl groups is 1. The molecule has 1 rings (SSSR count). The number of hydrogen-bond acceptors (Lipinski definition) is 3. The van der Waals surface area contributed by atoms with E-state index in [1.165, 1.54) is 0 Å². The summed E-state index contributed by atoms with van der Waals surface area (Å²) in [6.07, 6.45) is 0. The number of alkyl halides is 2. The highest BCUT2D eigenvalue weighted by molar-refractivity contribution is 9.10. The van der Waals surface area contributed by atoms with E-state index in [-0.39, 0.29) is 10.2 Å². The number of methoxy groups -OCH3 is 1. The third kappa shape index (κ3) is 2.26. The number of phenolic OH excluding ortho intramolecular Hbond substituents is 1. The van der Waals surface area contributed by atoms with Crippen molar-refractivity contribution >= 4 is 21.9 Å². The molecule has 3 nitrogen and oxygen atoms in total. The molecule has 0 fully saturated rings.